The summed E-state index contributed by atoms with van der Waals surface area (Å²) in [6, 6.07) is 11.2. The second-order valence-electron chi connectivity index (χ2n) is 5.61. The lowest BCUT2D eigenvalue weighted by Crippen LogP contribution is -2.30. The number of benzene rings is 2. The van der Waals surface area contributed by atoms with Crippen LogP contribution in [0.4, 0.5) is 11.4 Å². The summed E-state index contributed by atoms with van der Waals surface area (Å²) in [5.41, 5.74) is 1.94. The Morgan fingerprint density at radius 1 is 1.12 bits per heavy atom. The molecule has 0 aliphatic carbocycles. The number of nitrogens with zero attached hydrogens (tertiary/aromatic N) is 1. The van der Waals surface area contributed by atoms with E-state index >= 15 is 0 Å². The Bertz CT molecular complexity index is 832. The minimum Gasteiger partial charge on any atom is -0.449 e. The van der Waals surface area contributed by atoms with Crippen LogP contribution in [0.25, 0.3) is 0 Å². The zero-order valence-electron chi connectivity index (χ0n) is 14.1. The Balaban J connectivity index is 2.04. The van der Waals surface area contributed by atoms with Gasteiger partial charge in [-0.1, -0.05) is 18.2 Å². The summed E-state index contributed by atoms with van der Waals surface area (Å²) >= 11 is 0. The average Bonchev–Trinajstić information content (AvgIpc) is 2.56. The number of nitro benzene ring substituents is 1. The first-order valence-electron chi connectivity index (χ1n) is 7.62. The summed E-state index contributed by atoms with van der Waals surface area (Å²) in [7, 11) is 0. The molecule has 0 radical (unpaired) electrons. The van der Waals surface area contributed by atoms with Crippen LogP contribution in [0.1, 0.15) is 28.4 Å². The topological polar surface area (TPSA) is 98.5 Å². The van der Waals surface area contributed by atoms with Gasteiger partial charge in [-0.2, -0.15) is 0 Å². The maximum Gasteiger partial charge on any atom is 0.338 e. The molecular weight excluding hydrogens is 324 g/mol. The first-order valence-corrected chi connectivity index (χ1v) is 7.62. The van der Waals surface area contributed by atoms with Gasteiger partial charge in [0.25, 0.3) is 11.6 Å². The number of nitro groups is 1. The van der Waals surface area contributed by atoms with Crippen LogP contribution in [0.3, 0.4) is 0 Å². The summed E-state index contributed by atoms with van der Waals surface area (Å²) in [6.45, 7) is 4.85. The zero-order chi connectivity index (χ0) is 18.6. The molecule has 0 heterocycles. The first-order chi connectivity index (χ1) is 11.8. The molecule has 1 N–H and O–H groups in total. The number of nitrogens with one attached hydrogen (secondary N) is 1. The monoisotopic (exact) mass is 342 g/mol. The number of para-hydroxylation sites is 1. The third kappa shape index (κ3) is 4.41. The number of esters is 1. The lowest BCUT2D eigenvalue weighted by atomic mass is 10.1. The van der Waals surface area contributed by atoms with Gasteiger partial charge >= 0.3 is 5.97 Å². The van der Waals surface area contributed by atoms with Crippen LogP contribution in [0.5, 0.6) is 0 Å². The van der Waals surface area contributed by atoms with E-state index in [0.717, 1.165) is 5.56 Å². The molecule has 25 heavy (non-hydrogen) atoms. The van der Waals surface area contributed by atoms with Crippen LogP contribution in [0.15, 0.2) is 42.5 Å². The number of hydrogen-bond acceptors (Lipinski definition) is 5. The van der Waals surface area contributed by atoms with Crippen molar-refractivity contribution in [2.75, 3.05) is 5.32 Å². The van der Waals surface area contributed by atoms with Gasteiger partial charge in [-0.05, 0) is 44.5 Å². The smallest absolute Gasteiger partial charge is 0.338 e. The number of carbonyl (C=O) groups excluding carboxylic acids is 2. The largest absolute Gasteiger partial charge is 0.449 e. The van der Waals surface area contributed by atoms with Gasteiger partial charge in [0.1, 0.15) is 0 Å². The molecule has 0 aromatic heterocycles. The summed E-state index contributed by atoms with van der Waals surface area (Å²) in [5, 5.41) is 13.5. The van der Waals surface area contributed by atoms with Crippen LogP contribution in [-0.2, 0) is 9.53 Å². The number of rotatable bonds is 5. The second-order valence-corrected chi connectivity index (χ2v) is 5.61. The van der Waals surface area contributed by atoms with Crippen LogP contribution in [0.2, 0.25) is 0 Å². The van der Waals surface area contributed by atoms with Gasteiger partial charge in [0.15, 0.2) is 6.10 Å². The fourth-order valence-electron chi connectivity index (χ4n) is 2.22. The van der Waals surface area contributed by atoms with Crippen molar-refractivity contribution in [2.45, 2.75) is 26.9 Å². The van der Waals surface area contributed by atoms with E-state index in [1.165, 1.54) is 32.0 Å². The molecule has 7 heteroatoms. The predicted octanol–water partition coefficient (Wildman–Crippen LogP) is 3.40. The third-order valence-electron chi connectivity index (χ3n) is 3.69. The molecule has 0 saturated carbocycles. The molecule has 7 nitrogen and oxygen atoms in total. The Kier molecular flexibility index (Phi) is 5.49. The Hall–Kier alpha value is -3.22. The van der Waals surface area contributed by atoms with E-state index in [0.29, 0.717) is 11.3 Å². The molecule has 2 aromatic carbocycles. The predicted molar refractivity (Wildman–Crippen MR) is 92.5 cm³/mol. The van der Waals surface area contributed by atoms with Crippen LogP contribution in [0, 0.1) is 24.0 Å². The molecule has 0 aliphatic rings. The van der Waals surface area contributed by atoms with Crippen LogP contribution >= 0.6 is 0 Å². The molecule has 0 spiro atoms. The van der Waals surface area contributed by atoms with Crippen molar-refractivity contribution in [3.63, 3.8) is 0 Å². The highest BCUT2D eigenvalue weighted by Crippen LogP contribution is 2.20. The molecule has 0 aliphatic heterocycles. The maximum atomic E-state index is 12.2. The van der Waals surface area contributed by atoms with Crippen molar-refractivity contribution >= 4 is 23.3 Å². The molecule has 130 valence electrons. The van der Waals surface area contributed by atoms with E-state index in [9.17, 15) is 19.7 Å². The van der Waals surface area contributed by atoms with Gasteiger partial charge in [-0.25, -0.2) is 4.79 Å². The van der Waals surface area contributed by atoms with Gasteiger partial charge in [-0.15, -0.1) is 0 Å². The number of ether oxygens (including phenoxy) is 1. The van der Waals surface area contributed by atoms with E-state index in [4.69, 9.17) is 4.74 Å². The lowest BCUT2D eigenvalue weighted by molar-refractivity contribution is -0.385. The van der Waals surface area contributed by atoms with E-state index in [2.05, 4.69) is 5.32 Å². The van der Waals surface area contributed by atoms with Gasteiger partial charge in [-0.3, -0.25) is 14.9 Å². The Morgan fingerprint density at radius 2 is 1.80 bits per heavy atom. The second kappa shape index (κ2) is 7.57. The normalized spacial score (nSPS) is 11.5. The molecule has 1 amide bonds. The molecular formula is C18H18N2O5. The molecule has 0 fully saturated rings. The lowest BCUT2D eigenvalue weighted by Gasteiger charge is -2.14. The summed E-state index contributed by atoms with van der Waals surface area (Å²) in [5.74, 6) is -1.17. The number of carbonyl (C=O) groups is 2. The molecule has 0 bridgehead atoms. The SMILES string of the molecule is Cc1ccccc1NC(=O)[C@H](C)OC(=O)c1ccc([N+](=O)[O-])c(C)c1. The minimum atomic E-state index is -1.01. The highest BCUT2D eigenvalue weighted by atomic mass is 16.6. The highest BCUT2D eigenvalue weighted by Gasteiger charge is 2.21. The summed E-state index contributed by atoms with van der Waals surface area (Å²) < 4.78 is 5.14. The Labute approximate surface area is 144 Å². The minimum absolute atomic E-state index is 0.0816. The van der Waals surface area contributed by atoms with Crippen molar-refractivity contribution in [3.8, 4) is 0 Å². The zero-order valence-corrected chi connectivity index (χ0v) is 14.1. The maximum absolute atomic E-state index is 12.2. The first kappa shape index (κ1) is 18.1. The number of hydrogen-bond donors (Lipinski definition) is 1. The summed E-state index contributed by atoms with van der Waals surface area (Å²) in [4.78, 5) is 34.6. The number of aryl methyl sites for hydroxylation is 2. The standard InChI is InChI=1S/C18H18N2O5/c1-11-6-4-5-7-15(11)19-17(21)13(3)25-18(22)14-8-9-16(20(23)24)12(2)10-14/h4-10,13H,1-3H3,(H,19,21)/t13-/m0/s1. The van der Waals surface area contributed by atoms with E-state index in [-0.39, 0.29) is 11.3 Å². The van der Waals surface area contributed by atoms with Crippen molar-refractivity contribution in [1.29, 1.82) is 0 Å². The van der Waals surface area contributed by atoms with Crippen molar-refractivity contribution in [1.82, 2.24) is 0 Å². The van der Waals surface area contributed by atoms with Gasteiger partial charge in [0, 0.05) is 17.3 Å². The van der Waals surface area contributed by atoms with Crippen molar-refractivity contribution in [3.05, 3.63) is 69.3 Å². The molecule has 1 atom stereocenters. The van der Waals surface area contributed by atoms with E-state index < -0.39 is 22.9 Å². The van der Waals surface area contributed by atoms with E-state index in [1.807, 2.05) is 19.1 Å². The molecule has 0 unspecified atom stereocenters. The highest BCUT2D eigenvalue weighted by molar-refractivity contribution is 5.97. The van der Waals surface area contributed by atoms with Crippen LogP contribution < -0.4 is 5.32 Å². The van der Waals surface area contributed by atoms with E-state index in [1.54, 1.807) is 12.1 Å². The quantitative estimate of drug-likeness (QED) is 0.510. The van der Waals surface area contributed by atoms with Gasteiger partial charge in [0.05, 0.1) is 10.5 Å². The fourth-order valence-corrected chi connectivity index (χ4v) is 2.22. The molecule has 2 rings (SSSR count). The molecule has 0 saturated heterocycles. The third-order valence-corrected chi connectivity index (χ3v) is 3.69. The average molecular weight is 342 g/mol. The fraction of sp³-hybridized carbons (Fsp3) is 0.222. The number of amides is 1. The summed E-state index contributed by atoms with van der Waals surface area (Å²) in [6.07, 6.45) is -1.01. The molecule has 2 aromatic rings. The van der Waals surface area contributed by atoms with Crippen molar-refractivity contribution < 1.29 is 19.2 Å². The Morgan fingerprint density at radius 3 is 2.40 bits per heavy atom. The van der Waals surface area contributed by atoms with Gasteiger partial charge in [0.2, 0.25) is 0 Å². The van der Waals surface area contributed by atoms with Crippen molar-refractivity contribution in [2.24, 2.45) is 0 Å². The van der Waals surface area contributed by atoms with Gasteiger partial charge < -0.3 is 10.1 Å². The van der Waals surface area contributed by atoms with Crippen LogP contribution in [-0.4, -0.2) is 22.9 Å². The number of anilines is 1.